The Kier molecular flexibility index (Phi) is 3.71. The standard InChI is InChI=1S/C15H20O2S/c1-10(2)12-8-15(9-12,14(16)17)18-13-7-5-4-6-11(13)3/h4-7,10,12H,8-9H2,1-3H3,(H,16,17). The highest BCUT2D eigenvalue weighted by atomic mass is 32.2. The molecular formula is C15H20O2S. The molecule has 1 fully saturated rings. The number of rotatable bonds is 4. The third-order valence-corrected chi connectivity index (χ3v) is 5.49. The summed E-state index contributed by atoms with van der Waals surface area (Å²) in [6.07, 6.45) is 1.58. The van der Waals surface area contributed by atoms with Crippen molar-refractivity contribution in [3.05, 3.63) is 29.8 Å². The summed E-state index contributed by atoms with van der Waals surface area (Å²) in [4.78, 5) is 12.7. The summed E-state index contributed by atoms with van der Waals surface area (Å²) in [5.41, 5.74) is 1.16. The summed E-state index contributed by atoms with van der Waals surface area (Å²) in [5, 5.41) is 9.51. The fourth-order valence-corrected chi connectivity index (χ4v) is 3.92. The largest absolute Gasteiger partial charge is 0.480 e. The van der Waals surface area contributed by atoms with Crippen LogP contribution >= 0.6 is 11.8 Å². The van der Waals surface area contributed by atoms with Gasteiger partial charge >= 0.3 is 5.97 Å². The van der Waals surface area contributed by atoms with Crippen molar-refractivity contribution in [2.45, 2.75) is 43.3 Å². The Morgan fingerprint density at radius 1 is 1.39 bits per heavy atom. The highest BCUT2D eigenvalue weighted by molar-refractivity contribution is 8.01. The molecule has 0 radical (unpaired) electrons. The molecule has 0 unspecified atom stereocenters. The summed E-state index contributed by atoms with van der Waals surface area (Å²) in [5.74, 6) is 0.472. The van der Waals surface area contributed by atoms with E-state index in [9.17, 15) is 9.90 Å². The molecule has 0 aliphatic heterocycles. The molecule has 0 aromatic heterocycles. The maximum Gasteiger partial charge on any atom is 0.320 e. The number of carboxylic acids is 1. The van der Waals surface area contributed by atoms with Crippen molar-refractivity contribution in [2.24, 2.45) is 11.8 Å². The smallest absolute Gasteiger partial charge is 0.320 e. The number of aliphatic carboxylic acids is 1. The van der Waals surface area contributed by atoms with Gasteiger partial charge < -0.3 is 5.11 Å². The van der Waals surface area contributed by atoms with Gasteiger partial charge in [-0.25, -0.2) is 0 Å². The Morgan fingerprint density at radius 2 is 2.00 bits per heavy atom. The van der Waals surface area contributed by atoms with Crippen molar-refractivity contribution in [3.63, 3.8) is 0 Å². The minimum absolute atomic E-state index is 0.553. The van der Waals surface area contributed by atoms with Crippen LogP contribution in [0.4, 0.5) is 0 Å². The molecule has 1 aromatic rings. The zero-order valence-corrected chi connectivity index (χ0v) is 12.0. The highest BCUT2D eigenvalue weighted by Gasteiger charge is 2.52. The van der Waals surface area contributed by atoms with Gasteiger partial charge in [-0.15, -0.1) is 11.8 Å². The maximum atomic E-state index is 11.6. The van der Waals surface area contributed by atoms with Gasteiger partial charge in [-0.2, -0.15) is 0 Å². The van der Waals surface area contributed by atoms with Crippen LogP contribution in [-0.2, 0) is 4.79 Å². The van der Waals surface area contributed by atoms with Gasteiger partial charge in [0.05, 0.1) is 0 Å². The summed E-state index contributed by atoms with van der Waals surface area (Å²) in [7, 11) is 0. The van der Waals surface area contributed by atoms with E-state index in [4.69, 9.17) is 0 Å². The predicted octanol–water partition coefficient (Wildman–Crippen LogP) is 3.98. The molecule has 0 spiro atoms. The van der Waals surface area contributed by atoms with Crippen molar-refractivity contribution in [1.82, 2.24) is 0 Å². The number of carbonyl (C=O) groups is 1. The van der Waals surface area contributed by atoms with Gasteiger partial charge in [-0.3, -0.25) is 4.79 Å². The second kappa shape index (κ2) is 4.96. The molecule has 1 aliphatic carbocycles. The van der Waals surface area contributed by atoms with E-state index in [1.54, 1.807) is 0 Å². The van der Waals surface area contributed by atoms with Gasteiger partial charge in [-0.05, 0) is 43.2 Å². The SMILES string of the molecule is Cc1ccccc1SC1(C(=O)O)CC(C(C)C)C1. The fourth-order valence-electron chi connectivity index (χ4n) is 2.44. The van der Waals surface area contributed by atoms with E-state index in [0.29, 0.717) is 11.8 Å². The number of benzene rings is 1. The number of carboxylic acid groups (broad SMARTS) is 1. The first kappa shape index (κ1) is 13.5. The van der Waals surface area contributed by atoms with Crippen molar-refractivity contribution >= 4 is 17.7 Å². The van der Waals surface area contributed by atoms with Crippen LogP contribution in [0.2, 0.25) is 0 Å². The topological polar surface area (TPSA) is 37.3 Å². The number of thioether (sulfide) groups is 1. The Balaban J connectivity index is 2.15. The first-order valence-electron chi connectivity index (χ1n) is 6.42. The van der Waals surface area contributed by atoms with E-state index in [1.165, 1.54) is 11.8 Å². The van der Waals surface area contributed by atoms with Gasteiger partial charge in [0, 0.05) is 4.90 Å². The molecule has 0 heterocycles. The molecule has 98 valence electrons. The highest BCUT2D eigenvalue weighted by Crippen LogP contribution is 2.53. The molecule has 2 rings (SSSR count). The lowest BCUT2D eigenvalue weighted by Crippen LogP contribution is -2.49. The van der Waals surface area contributed by atoms with Crippen LogP contribution in [0.25, 0.3) is 0 Å². The second-order valence-corrected chi connectivity index (χ2v) is 7.00. The Hall–Kier alpha value is -0.960. The van der Waals surface area contributed by atoms with Crippen molar-refractivity contribution in [2.75, 3.05) is 0 Å². The number of aryl methyl sites for hydroxylation is 1. The molecule has 0 atom stereocenters. The monoisotopic (exact) mass is 264 g/mol. The zero-order chi connectivity index (χ0) is 13.3. The quantitative estimate of drug-likeness (QED) is 0.894. The summed E-state index contributed by atoms with van der Waals surface area (Å²) >= 11 is 1.53. The van der Waals surface area contributed by atoms with Crippen molar-refractivity contribution < 1.29 is 9.90 Å². The van der Waals surface area contributed by atoms with Crippen molar-refractivity contribution in [3.8, 4) is 0 Å². The maximum absolute atomic E-state index is 11.6. The first-order valence-corrected chi connectivity index (χ1v) is 7.24. The van der Waals surface area contributed by atoms with Crippen LogP contribution in [0.5, 0.6) is 0 Å². The predicted molar refractivity (Wildman–Crippen MR) is 75.0 cm³/mol. The lowest BCUT2D eigenvalue weighted by atomic mass is 9.69. The van der Waals surface area contributed by atoms with E-state index < -0.39 is 10.7 Å². The molecule has 18 heavy (non-hydrogen) atoms. The Bertz CT molecular complexity index is 448. The normalized spacial score (nSPS) is 27.0. The average Bonchev–Trinajstić information content (AvgIpc) is 2.24. The molecule has 2 nitrogen and oxygen atoms in total. The van der Waals surface area contributed by atoms with Crippen molar-refractivity contribution in [1.29, 1.82) is 0 Å². The van der Waals surface area contributed by atoms with Crippen LogP contribution in [0.1, 0.15) is 32.3 Å². The van der Waals surface area contributed by atoms with Gasteiger partial charge in [-0.1, -0.05) is 32.0 Å². The fraction of sp³-hybridized carbons (Fsp3) is 0.533. The molecule has 1 aliphatic rings. The summed E-state index contributed by atoms with van der Waals surface area (Å²) in [6.45, 7) is 6.39. The summed E-state index contributed by atoms with van der Waals surface area (Å²) < 4.78 is -0.596. The van der Waals surface area contributed by atoms with Gasteiger partial charge in [0.15, 0.2) is 0 Å². The Labute approximate surface area is 113 Å². The van der Waals surface area contributed by atoms with Crippen LogP contribution in [-0.4, -0.2) is 15.8 Å². The minimum atomic E-state index is -0.660. The minimum Gasteiger partial charge on any atom is -0.480 e. The first-order chi connectivity index (χ1) is 8.44. The second-order valence-electron chi connectivity index (χ2n) is 5.58. The molecule has 0 bridgehead atoms. The van der Waals surface area contributed by atoms with Crippen LogP contribution in [0.3, 0.4) is 0 Å². The van der Waals surface area contributed by atoms with E-state index in [2.05, 4.69) is 13.8 Å². The van der Waals surface area contributed by atoms with Gasteiger partial charge in [0.2, 0.25) is 0 Å². The van der Waals surface area contributed by atoms with E-state index >= 15 is 0 Å². The molecule has 3 heteroatoms. The van der Waals surface area contributed by atoms with Crippen LogP contribution < -0.4 is 0 Å². The molecule has 1 saturated carbocycles. The van der Waals surface area contributed by atoms with Crippen LogP contribution in [0.15, 0.2) is 29.2 Å². The number of hydrogen-bond acceptors (Lipinski definition) is 2. The third-order valence-electron chi connectivity index (χ3n) is 3.92. The van der Waals surface area contributed by atoms with E-state index in [0.717, 1.165) is 23.3 Å². The Morgan fingerprint density at radius 3 is 2.50 bits per heavy atom. The number of hydrogen-bond donors (Lipinski definition) is 1. The average molecular weight is 264 g/mol. The molecule has 1 aromatic carbocycles. The molecule has 0 saturated heterocycles. The van der Waals surface area contributed by atoms with Crippen LogP contribution in [0, 0.1) is 18.8 Å². The van der Waals surface area contributed by atoms with Gasteiger partial charge in [0.1, 0.15) is 4.75 Å². The lowest BCUT2D eigenvalue weighted by Gasteiger charge is -2.46. The zero-order valence-electron chi connectivity index (χ0n) is 11.1. The lowest BCUT2D eigenvalue weighted by molar-refractivity contribution is -0.144. The van der Waals surface area contributed by atoms with E-state index in [-0.39, 0.29) is 0 Å². The molecular weight excluding hydrogens is 244 g/mol. The summed E-state index contributed by atoms with van der Waals surface area (Å²) in [6, 6.07) is 8.03. The van der Waals surface area contributed by atoms with E-state index in [1.807, 2.05) is 31.2 Å². The molecule has 0 amide bonds. The van der Waals surface area contributed by atoms with Gasteiger partial charge in [0.25, 0.3) is 0 Å². The third kappa shape index (κ3) is 2.41. The molecule has 1 N–H and O–H groups in total.